The van der Waals surface area contributed by atoms with E-state index in [4.69, 9.17) is 56.8 Å². The van der Waals surface area contributed by atoms with E-state index in [2.05, 4.69) is 10.6 Å². The molecule has 2 heterocycles. The molecule has 0 aromatic carbocycles. The summed E-state index contributed by atoms with van der Waals surface area (Å²) in [6.07, 6.45) is -12.9. The second-order valence-corrected chi connectivity index (χ2v) is 12.4. The van der Waals surface area contributed by atoms with Crippen molar-refractivity contribution in [1.29, 1.82) is 0 Å². The van der Waals surface area contributed by atoms with E-state index < -0.39 is 109 Å². The van der Waals surface area contributed by atoms with E-state index in [-0.39, 0.29) is 39.5 Å². The second kappa shape index (κ2) is 24.2. The van der Waals surface area contributed by atoms with Gasteiger partial charge in [0.1, 0.15) is 25.4 Å². The van der Waals surface area contributed by atoms with Gasteiger partial charge in [-0.1, -0.05) is 0 Å². The number of carbonyl (C=O) groups is 8. The van der Waals surface area contributed by atoms with Crippen molar-refractivity contribution >= 4 is 47.8 Å². The minimum Gasteiger partial charge on any atom is -0.463 e. The maximum Gasteiger partial charge on any atom is 0.303 e. The quantitative estimate of drug-likeness (QED) is 0.0748. The van der Waals surface area contributed by atoms with E-state index in [1.165, 1.54) is 0 Å². The highest BCUT2D eigenvalue weighted by atomic mass is 16.7. The monoisotopic (exact) mass is 808 g/mol. The van der Waals surface area contributed by atoms with E-state index in [1.54, 1.807) is 0 Å². The van der Waals surface area contributed by atoms with Gasteiger partial charge < -0.3 is 67.5 Å². The molecule has 2 aliphatic heterocycles. The van der Waals surface area contributed by atoms with Crippen LogP contribution in [0.3, 0.4) is 0 Å². The number of rotatable bonds is 21. The Morgan fingerprint density at radius 1 is 0.393 bits per heavy atom. The number of ether oxygens (including phenoxy) is 12. The third kappa shape index (κ3) is 17.1. The van der Waals surface area contributed by atoms with Crippen molar-refractivity contribution in [1.82, 2.24) is 10.6 Å². The van der Waals surface area contributed by atoms with Crippen LogP contribution in [0, 0.1) is 0 Å². The highest BCUT2D eigenvalue weighted by Gasteiger charge is 2.54. The lowest BCUT2D eigenvalue weighted by Gasteiger charge is -2.44. The zero-order valence-corrected chi connectivity index (χ0v) is 32.6. The SMILES string of the molecule is CC(=O)OC[C@H]1O[C@@H](OCCNCCNCCO[C@@H]2O[C@H](COC(C)=O)[C@@H](OC(C)=O)[C@H](OC(C)=O)[C@H]2OC(C)=O)[C@H](OC(C)=O)[C@@H](OC(C)=O)[C@@H]1OC(C)=O. The molecule has 0 bridgehead atoms. The molecule has 0 radical (unpaired) electrons. The number of nitrogens with one attached hydrogen (secondary N) is 2. The van der Waals surface area contributed by atoms with Gasteiger partial charge in [-0.15, -0.1) is 0 Å². The summed E-state index contributed by atoms with van der Waals surface area (Å²) >= 11 is 0. The van der Waals surface area contributed by atoms with Crippen molar-refractivity contribution in [3.05, 3.63) is 0 Å². The van der Waals surface area contributed by atoms with E-state index in [0.717, 1.165) is 55.4 Å². The van der Waals surface area contributed by atoms with E-state index in [0.29, 0.717) is 13.1 Å². The maximum absolute atomic E-state index is 12.0. The number of hydrogen-bond donors (Lipinski definition) is 2. The normalized spacial score (nSPS) is 27.1. The maximum atomic E-state index is 12.0. The zero-order chi connectivity index (χ0) is 41.9. The molecule has 0 saturated carbocycles. The van der Waals surface area contributed by atoms with Gasteiger partial charge in [0, 0.05) is 81.6 Å². The summed E-state index contributed by atoms with van der Waals surface area (Å²) in [6.45, 7) is 9.61. The summed E-state index contributed by atoms with van der Waals surface area (Å²) in [6, 6.07) is 0. The fraction of sp³-hybridized carbons (Fsp3) is 0.765. The molecule has 56 heavy (non-hydrogen) atoms. The number of carbonyl (C=O) groups excluding carboxylic acids is 8. The molecule has 2 fully saturated rings. The van der Waals surface area contributed by atoms with Gasteiger partial charge in [-0.25, -0.2) is 0 Å². The standard InChI is InChI=1S/C34H52N2O20/c1-17(37)47-15-25-27(49-19(3)39)29(51-21(5)41)31(53-23(7)43)33(55-25)45-13-11-35-9-10-36-12-14-46-34-32(54-24(8)44)30(52-22(6)42)28(50-20(4)40)26(56-34)16-48-18(2)38/h25-36H,9-16H2,1-8H3/t25-,26-,27-,28-,29+,30+,31-,32-,33-,34-/m1/s1. The Kier molecular flexibility index (Phi) is 20.6. The Labute approximate surface area is 323 Å². The van der Waals surface area contributed by atoms with Crippen LogP contribution in [0.5, 0.6) is 0 Å². The molecule has 0 amide bonds. The summed E-state index contributed by atoms with van der Waals surface area (Å²) in [7, 11) is 0. The molecule has 2 saturated heterocycles. The van der Waals surface area contributed by atoms with Gasteiger partial charge in [0.15, 0.2) is 49.2 Å². The fourth-order valence-electron chi connectivity index (χ4n) is 5.57. The predicted molar refractivity (Wildman–Crippen MR) is 182 cm³/mol. The molecule has 22 nitrogen and oxygen atoms in total. The lowest BCUT2D eigenvalue weighted by Crippen LogP contribution is -2.63. The first-order chi connectivity index (χ1) is 26.4. The number of esters is 8. The van der Waals surface area contributed by atoms with E-state index in [1.807, 2.05) is 0 Å². The highest BCUT2D eigenvalue weighted by Crippen LogP contribution is 2.31. The van der Waals surface area contributed by atoms with Crippen molar-refractivity contribution in [3.63, 3.8) is 0 Å². The van der Waals surface area contributed by atoms with Crippen LogP contribution in [0.1, 0.15) is 55.4 Å². The Morgan fingerprint density at radius 2 is 0.679 bits per heavy atom. The van der Waals surface area contributed by atoms with Gasteiger partial charge in [-0.05, 0) is 0 Å². The largest absolute Gasteiger partial charge is 0.463 e. The van der Waals surface area contributed by atoms with Crippen LogP contribution < -0.4 is 10.6 Å². The lowest BCUT2D eigenvalue weighted by molar-refractivity contribution is -0.307. The molecule has 318 valence electrons. The molecule has 22 heteroatoms. The first-order valence-electron chi connectivity index (χ1n) is 17.6. The van der Waals surface area contributed by atoms with Crippen molar-refractivity contribution in [2.75, 3.05) is 52.6 Å². The van der Waals surface area contributed by atoms with Gasteiger partial charge in [-0.3, -0.25) is 38.4 Å². The van der Waals surface area contributed by atoms with Gasteiger partial charge in [0.25, 0.3) is 0 Å². The van der Waals surface area contributed by atoms with Crippen molar-refractivity contribution in [3.8, 4) is 0 Å². The molecule has 2 rings (SSSR count). The molecule has 0 aliphatic carbocycles. The average Bonchev–Trinajstić information content (AvgIpc) is 3.07. The number of hydrogen-bond acceptors (Lipinski definition) is 22. The van der Waals surface area contributed by atoms with Crippen LogP contribution in [0.15, 0.2) is 0 Å². The van der Waals surface area contributed by atoms with Gasteiger partial charge in [0.05, 0.1) is 13.2 Å². The van der Waals surface area contributed by atoms with E-state index in [9.17, 15) is 38.4 Å². The molecule has 0 spiro atoms. The Hall–Kier alpha value is -4.48. The Bertz CT molecular complexity index is 1260. The molecule has 0 aromatic rings. The minimum atomic E-state index is -1.36. The molecular weight excluding hydrogens is 756 g/mol. The van der Waals surface area contributed by atoms with Crippen LogP contribution in [0.4, 0.5) is 0 Å². The Balaban J connectivity index is 1.96. The average molecular weight is 809 g/mol. The molecule has 10 atom stereocenters. The zero-order valence-electron chi connectivity index (χ0n) is 32.6. The van der Waals surface area contributed by atoms with Crippen molar-refractivity contribution in [2.45, 2.75) is 117 Å². The smallest absolute Gasteiger partial charge is 0.303 e. The topological polar surface area (TPSA) is 271 Å². The highest BCUT2D eigenvalue weighted by molar-refractivity contribution is 5.70. The van der Waals surface area contributed by atoms with Gasteiger partial charge >= 0.3 is 47.8 Å². The van der Waals surface area contributed by atoms with Gasteiger partial charge in [-0.2, -0.15) is 0 Å². The van der Waals surface area contributed by atoms with Crippen molar-refractivity contribution in [2.24, 2.45) is 0 Å². The lowest BCUT2D eigenvalue weighted by atomic mass is 9.98. The van der Waals surface area contributed by atoms with Crippen LogP contribution in [0.2, 0.25) is 0 Å². The van der Waals surface area contributed by atoms with Crippen LogP contribution in [-0.4, -0.2) is 162 Å². The molecule has 2 N–H and O–H groups in total. The molecule has 0 aromatic heterocycles. The predicted octanol–water partition coefficient (Wildman–Crippen LogP) is -1.63. The summed E-state index contributed by atoms with van der Waals surface area (Å²) < 4.78 is 65.8. The minimum absolute atomic E-state index is 0.000244. The molecule has 0 unspecified atom stereocenters. The van der Waals surface area contributed by atoms with Crippen LogP contribution >= 0.6 is 0 Å². The second-order valence-electron chi connectivity index (χ2n) is 12.4. The summed E-state index contributed by atoms with van der Waals surface area (Å²) in [5, 5.41) is 6.25. The van der Waals surface area contributed by atoms with Crippen LogP contribution in [-0.2, 0) is 95.2 Å². The van der Waals surface area contributed by atoms with Gasteiger partial charge in [0.2, 0.25) is 0 Å². The third-order valence-electron chi connectivity index (χ3n) is 7.50. The van der Waals surface area contributed by atoms with Crippen LogP contribution in [0.25, 0.3) is 0 Å². The summed E-state index contributed by atoms with van der Waals surface area (Å²) in [4.78, 5) is 94.8. The van der Waals surface area contributed by atoms with E-state index >= 15 is 0 Å². The molecular formula is C34H52N2O20. The first kappa shape index (κ1) is 47.7. The summed E-state index contributed by atoms with van der Waals surface area (Å²) in [5.74, 6) is -5.86. The van der Waals surface area contributed by atoms with Crippen molar-refractivity contribution < 1.29 is 95.2 Å². The summed E-state index contributed by atoms with van der Waals surface area (Å²) in [5.41, 5.74) is 0. The Morgan fingerprint density at radius 3 is 0.964 bits per heavy atom. The molecule has 2 aliphatic rings. The third-order valence-corrected chi connectivity index (χ3v) is 7.50. The first-order valence-corrected chi connectivity index (χ1v) is 17.6. The fourth-order valence-corrected chi connectivity index (χ4v) is 5.57.